The van der Waals surface area contributed by atoms with Crippen LogP contribution in [0.3, 0.4) is 0 Å². The van der Waals surface area contributed by atoms with Gasteiger partial charge >= 0.3 is 0 Å². The van der Waals surface area contributed by atoms with Crippen LogP contribution in [-0.2, 0) is 4.79 Å². The summed E-state index contributed by atoms with van der Waals surface area (Å²) in [5.41, 5.74) is 2.20. The van der Waals surface area contributed by atoms with Crippen LogP contribution in [0.2, 0.25) is 0 Å². The van der Waals surface area contributed by atoms with Gasteiger partial charge in [0.1, 0.15) is 0 Å². The molecule has 0 aliphatic rings. The van der Waals surface area contributed by atoms with Crippen LogP contribution in [0.5, 0.6) is 0 Å². The van der Waals surface area contributed by atoms with E-state index in [1.807, 2.05) is 31.2 Å². The summed E-state index contributed by atoms with van der Waals surface area (Å²) in [4.78, 5) is 11.4. The van der Waals surface area contributed by atoms with Gasteiger partial charge in [-0.25, -0.2) is 0 Å². The molecule has 0 radical (unpaired) electrons. The normalized spacial score (nSPS) is 10.7. The van der Waals surface area contributed by atoms with Crippen LogP contribution < -0.4 is 5.32 Å². The number of nitrogens with one attached hydrogen (secondary N) is 1. The Balaban J connectivity index is 2.35. The molecular weight excluding hydrogens is 214 g/mol. The molecule has 0 spiro atoms. The predicted octanol–water partition coefficient (Wildman–Crippen LogP) is 1.90. The maximum absolute atomic E-state index is 11.4. The number of carbonyl (C=O) groups is 1. The van der Waals surface area contributed by atoms with Crippen molar-refractivity contribution < 1.29 is 9.90 Å². The highest BCUT2D eigenvalue weighted by molar-refractivity contribution is 5.91. The quantitative estimate of drug-likeness (QED) is 0.582. The number of carbonyl (C=O) groups excluding carboxylic acids is 1. The molecule has 1 aromatic carbocycles. The molecule has 0 atom stereocenters. The predicted molar refractivity (Wildman–Crippen MR) is 69.5 cm³/mol. The molecule has 0 fully saturated rings. The number of aliphatic hydroxyl groups excluding tert-OH is 1. The zero-order chi connectivity index (χ0) is 12.5. The minimum Gasteiger partial charge on any atom is -0.396 e. The molecule has 0 saturated heterocycles. The maximum atomic E-state index is 11.4. The number of rotatable bonds is 6. The second-order valence-electron chi connectivity index (χ2n) is 3.97. The lowest BCUT2D eigenvalue weighted by atomic mass is 10.1. The molecule has 1 rings (SSSR count). The van der Waals surface area contributed by atoms with E-state index in [-0.39, 0.29) is 12.5 Å². The Bertz CT molecular complexity index is 386. The fraction of sp³-hybridized carbons (Fsp3) is 0.357. The van der Waals surface area contributed by atoms with Gasteiger partial charge in [-0.15, -0.1) is 0 Å². The van der Waals surface area contributed by atoms with Crippen LogP contribution in [0.4, 0.5) is 0 Å². The first kappa shape index (κ1) is 13.5. The largest absolute Gasteiger partial charge is 0.396 e. The third-order valence-electron chi connectivity index (χ3n) is 2.35. The van der Waals surface area contributed by atoms with Gasteiger partial charge < -0.3 is 10.4 Å². The molecule has 17 heavy (non-hydrogen) atoms. The summed E-state index contributed by atoms with van der Waals surface area (Å²) < 4.78 is 0. The number of amides is 1. The van der Waals surface area contributed by atoms with E-state index in [4.69, 9.17) is 5.11 Å². The second-order valence-corrected chi connectivity index (χ2v) is 3.97. The highest BCUT2D eigenvalue weighted by Crippen LogP contribution is 2.05. The lowest BCUT2D eigenvalue weighted by molar-refractivity contribution is -0.116. The minimum absolute atomic E-state index is 0.0931. The third-order valence-corrected chi connectivity index (χ3v) is 2.35. The third kappa shape index (κ3) is 5.88. The molecule has 1 aromatic rings. The van der Waals surface area contributed by atoms with E-state index >= 15 is 0 Å². The molecular formula is C14H19NO2. The van der Waals surface area contributed by atoms with Gasteiger partial charge in [0, 0.05) is 19.2 Å². The van der Waals surface area contributed by atoms with Crippen LogP contribution in [-0.4, -0.2) is 24.2 Å². The van der Waals surface area contributed by atoms with Gasteiger partial charge in [-0.3, -0.25) is 4.79 Å². The molecule has 0 bridgehead atoms. The fourth-order valence-corrected chi connectivity index (χ4v) is 1.45. The molecule has 1 amide bonds. The van der Waals surface area contributed by atoms with Crippen molar-refractivity contribution in [2.75, 3.05) is 13.2 Å². The average Bonchev–Trinajstić information content (AvgIpc) is 2.32. The minimum atomic E-state index is -0.0931. The first-order chi connectivity index (χ1) is 8.22. The molecule has 92 valence electrons. The second kappa shape index (κ2) is 7.63. The lowest BCUT2D eigenvalue weighted by Gasteiger charge is -2.00. The van der Waals surface area contributed by atoms with Crippen molar-refractivity contribution >= 4 is 12.0 Å². The van der Waals surface area contributed by atoms with Gasteiger partial charge in [0.05, 0.1) is 0 Å². The molecule has 0 aliphatic heterocycles. The van der Waals surface area contributed by atoms with Gasteiger partial charge in [0.2, 0.25) is 5.91 Å². The van der Waals surface area contributed by atoms with E-state index in [0.717, 1.165) is 18.4 Å². The van der Waals surface area contributed by atoms with Crippen LogP contribution in [0.25, 0.3) is 6.08 Å². The Hall–Kier alpha value is -1.61. The van der Waals surface area contributed by atoms with E-state index < -0.39 is 0 Å². The number of hydrogen-bond acceptors (Lipinski definition) is 2. The van der Waals surface area contributed by atoms with Gasteiger partial charge in [0.25, 0.3) is 0 Å². The van der Waals surface area contributed by atoms with Gasteiger partial charge in [-0.2, -0.15) is 0 Å². The zero-order valence-corrected chi connectivity index (χ0v) is 10.1. The summed E-state index contributed by atoms with van der Waals surface area (Å²) in [5.74, 6) is -0.0931. The Morgan fingerprint density at radius 1 is 1.41 bits per heavy atom. The van der Waals surface area contributed by atoms with Gasteiger partial charge in [-0.05, 0) is 31.4 Å². The molecule has 0 aliphatic carbocycles. The van der Waals surface area contributed by atoms with Crippen molar-refractivity contribution in [2.24, 2.45) is 0 Å². The van der Waals surface area contributed by atoms with Crippen LogP contribution >= 0.6 is 0 Å². The van der Waals surface area contributed by atoms with E-state index in [2.05, 4.69) is 5.32 Å². The zero-order valence-electron chi connectivity index (χ0n) is 10.1. The Morgan fingerprint density at radius 3 is 2.94 bits per heavy atom. The van der Waals surface area contributed by atoms with E-state index in [1.165, 1.54) is 11.6 Å². The van der Waals surface area contributed by atoms with Crippen LogP contribution in [0.15, 0.2) is 30.3 Å². The number of aliphatic hydroxyl groups is 1. The number of unbranched alkanes of at least 4 members (excludes halogenated alkanes) is 1. The average molecular weight is 233 g/mol. The Kier molecular flexibility index (Phi) is 6.04. The van der Waals surface area contributed by atoms with E-state index in [9.17, 15) is 4.79 Å². The topological polar surface area (TPSA) is 49.3 Å². The number of hydrogen-bond donors (Lipinski definition) is 2. The monoisotopic (exact) mass is 233 g/mol. The van der Waals surface area contributed by atoms with E-state index in [1.54, 1.807) is 6.08 Å². The van der Waals surface area contributed by atoms with Crippen LogP contribution in [0.1, 0.15) is 24.0 Å². The molecule has 2 N–H and O–H groups in total. The maximum Gasteiger partial charge on any atom is 0.243 e. The van der Waals surface area contributed by atoms with Crippen molar-refractivity contribution in [1.29, 1.82) is 0 Å². The Morgan fingerprint density at radius 2 is 2.24 bits per heavy atom. The lowest BCUT2D eigenvalue weighted by Crippen LogP contribution is -2.22. The highest BCUT2D eigenvalue weighted by atomic mass is 16.2. The molecule has 0 saturated carbocycles. The van der Waals surface area contributed by atoms with E-state index in [0.29, 0.717) is 6.54 Å². The molecule has 3 heteroatoms. The summed E-state index contributed by atoms with van der Waals surface area (Å²) >= 11 is 0. The smallest absolute Gasteiger partial charge is 0.243 e. The molecule has 0 heterocycles. The summed E-state index contributed by atoms with van der Waals surface area (Å²) in [6.07, 6.45) is 4.87. The van der Waals surface area contributed by atoms with Crippen molar-refractivity contribution in [3.8, 4) is 0 Å². The molecule has 0 aromatic heterocycles. The first-order valence-electron chi connectivity index (χ1n) is 5.86. The summed E-state index contributed by atoms with van der Waals surface area (Å²) in [6, 6.07) is 7.97. The standard InChI is InChI=1S/C14H19NO2/c1-12-5-4-6-13(11-12)7-8-14(17)15-9-2-3-10-16/h4-8,11,16H,2-3,9-10H2,1H3,(H,15,17)/b8-7+. The number of aryl methyl sites for hydroxylation is 1. The summed E-state index contributed by atoms with van der Waals surface area (Å²) in [6.45, 7) is 2.80. The van der Waals surface area contributed by atoms with Gasteiger partial charge in [-0.1, -0.05) is 29.8 Å². The van der Waals surface area contributed by atoms with Crippen LogP contribution in [0, 0.1) is 6.92 Å². The van der Waals surface area contributed by atoms with Crippen molar-refractivity contribution in [1.82, 2.24) is 5.32 Å². The summed E-state index contributed by atoms with van der Waals surface area (Å²) in [7, 11) is 0. The first-order valence-corrected chi connectivity index (χ1v) is 5.86. The Labute approximate surface area is 102 Å². The fourth-order valence-electron chi connectivity index (χ4n) is 1.45. The van der Waals surface area contributed by atoms with Gasteiger partial charge in [0.15, 0.2) is 0 Å². The number of benzene rings is 1. The molecule has 3 nitrogen and oxygen atoms in total. The molecule has 0 unspecified atom stereocenters. The van der Waals surface area contributed by atoms with Crippen molar-refractivity contribution in [2.45, 2.75) is 19.8 Å². The van der Waals surface area contributed by atoms with Crippen molar-refractivity contribution in [3.63, 3.8) is 0 Å². The highest BCUT2D eigenvalue weighted by Gasteiger charge is 1.94. The SMILES string of the molecule is Cc1cccc(/C=C/C(=O)NCCCCO)c1. The van der Waals surface area contributed by atoms with Crippen molar-refractivity contribution in [3.05, 3.63) is 41.5 Å². The summed E-state index contributed by atoms with van der Waals surface area (Å²) in [5, 5.41) is 11.3.